The van der Waals surface area contributed by atoms with Gasteiger partial charge in [-0.25, -0.2) is 8.42 Å². The standard InChI is InChI=1S/C17H27NO2S/c1-12-11-17(15(4)14(3)13(12)2)21(19,20)18(5)16-9-7-6-8-10-16/h11,16H,6-10H2,1-5H3. The van der Waals surface area contributed by atoms with E-state index in [1.165, 1.54) is 12.0 Å². The molecule has 118 valence electrons. The van der Waals surface area contributed by atoms with E-state index in [9.17, 15) is 8.42 Å². The third-order valence-electron chi connectivity index (χ3n) is 5.18. The van der Waals surface area contributed by atoms with Crippen LogP contribution in [0.4, 0.5) is 0 Å². The fraction of sp³-hybridized carbons (Fsp3) is 0.647. The van der Waals surface area contributed by atoms with E-state index in [0.29, 0.717) is 4.90 Å². The Morgan fingerprint density at radius 3 is 2.10 bits per heavy atom. The van der Waals surface area contributed by atoms with Crippen molar-refractivity contribution in [3.8, 4) is 0 Å². The van der Waals surface area contributed by atoms with Gasteiger partial charge in [0.25, 0.3) is 0 Å². The van der Waals surface area contributed by atoms with E-state index in [2.05, 4.69) is 6.92 Å². The number of aryl methyl sites for hydroxylation is 1. The second kappa shape index (κ2) is 6.09. The molecular formula is C17H27NO2S. The topological polar surface area (TPSA) is 37.4 Å². The SMILES string of the molecule is Cc1cc(S(=O)(=O)N(C)C2CCCCC2)c(C)c(C)c1C. The smallest absolute Gasteiger partial charge is 0.207 e. The Hall–Kier alpha value is -0.870. The molecule has 0 saturated heterocycles. The number of hydrogen-bond acceptors (Lipinski definition) is 2. The molecule has 1 saturated carbocycles. The van der Waals surface area contributed by atoms with E-state index in [4.69, 9.17) is 0 Å². The van der Waals surface area contributed by atoms with Gasteiger partial charge in [-0.3, -0.25) is 0 Å². The summed E-state index contributed by atoms with van der Waals surface area (Å²) in [5, 5.41) is 0. The Morgan fingerprint density at radius 2 is 1.52 bits per heavy atom. The summed E-state index contributed by atoms with van der Waals surface area (Å²) in [5.41, 5.74) is 4.21. The van der Waals surface area contributed by atoms with Gasteiger partial charge < -0.3 is 0 Å². The van der Waals surface area contributed by atoms with Crippen molar-refractivity contribution in [2.24, 2.45) is 0 Å². The lowest BCUT2D eigenvalue weighted by molar-refractivity contribution is 0.285. The van der Waals surface area contributed by atoms with E-state index in [1.54, 1.807) is 11.4 Å². The van der Waals surface area contributed by atoms with Gasteiger partial charge in [0.1, 0.15) is 0 Å². The zero-order valence-corrected chi connectivity index (χ0v) is 14.7. The van der Waals surface area contributed by atoms with Crippen LogP contribution >= 0.6 is 0 Å². The van der Waals surface area contributed by atoms with E-state index in [1.807, 2.05) is 26.8 Å². The zero-order chi connectivity index (χ0) is 15.8. The van der Waals surface area contributed by atoms with Crippen molar-refractivity contribution in [1.82, 2.24) is 4.31 Å². The van der Waals surface area contributed by atoms with Crippen molar-refractivity contribution in [1.29, 1.82) is 0 Å². The first-order valence-electron chi connectivity index (χ1n) is 7.82. The highest BCUT2D eigenvalue weighted by Crippen LogP contribution is 2.30. The van der Waals surface area contributed by atoms with Crippen LogP contribution in [0.1, 0.15) is 54.4 Å². The highest BCUT2D eigenvalue weighted by atomic mass is 32.2. The van der Waals surface area contributed by atoms with E-state index in [-0.39, 0.29) is 6.04 Å². The molecule has 1 fully saturated rings. The molecule has 0 unspecified atom stereocenters. The first-order valence-corrected chi connectivity index (χ1v) is 9.26. The Balaban J connectivity index is 2.44. The molecule has 4 heteroatoms. The molecule has 0 spiro atoms. The van der Waals surface area contributed by atoms with Gasteiger partial charge in [0.15, 0.2) is 0 Å². The van der Waals surface area contributed by atoms with Crippen LogP contribution in [0.2, 0.25) is 0 Å². The number of sulfonamides is 1. The van der Waals surface area contributed by atoms with Crippen LogP contribution in [0.25, 0.3) is 0 Å². The Morgan fingerprint density at radius 1 is 0.952 bits per heavy atom. The molecule has 21 heavy (non-hydrogen) atoms. The first kappa shape index (κ1) is 16.5. The summed E-state index contributed by atoms with van der Waals surface area (Å²) in [6.07, 6.45) is 5.47. The normalized spacial score (nSPS) is 17.4. The highest BCUT2D eigenvalue weighted by molar-refractivity contribution is 7.89. The number of rotatable bonds is 3. The predicted octanol–water partition coefficient (Wildman–Crippen LogP) is 3.87. The largest absolute Gasteiger partial charge is 0.243 e. The van der Waals surface area contributed by atoms with E-state index in [0.717, 1.165) is 42.4 Å². The quantitative estimate of drug-likeness (QED) is 0.850. The molecule has 0 aliphatic heterocycles. The van der Waals surface area contributed by atoms with Crippen LogP contribution in [-0.4, -0.2) is 25.8 Å². The summed E-state index contributed by atoms with van der Waals surface area (Å²) in [6, 6.07) is 2.00. The highest BCUT2D eigenvalue weighted by Gasteiger charge is 2.30. The molecule has 0 radical (unpaired) electrons. The molecule has 0 atom stereocenters. The molecule has 1 aliphatic rings. The van der Waals surface area contributed by atoms with Crippen molar-refractivity contribution in [2.45, 2.75) is 70.7 Å². The minimum atomic E-state index is -3.40. The maximum absolute atomic E-state index is 13.0. The van der Waals surface area contributed by atoms with Gasteiger partial charge in [-0.15, -0.1) is 0 Å². The fourth-order valence-electron chi connectivity index (χ4n) is 3.24. The minimum absolute atomic E-state index is 0.157. The summed E-state index contributed by atoms with van der Waals surface area (Å²) >= 11 is 0. The van der Waals surface area contributed by atoms with Crippen LogP contribution < -0.4 is 0 Å². The maximum atomic E-state index is 13.0. The van der Waals surface area contributed by atoms with Gasteiger partial charge in [0.05, 0.1) is 4.90 Å². The second-order valence-corrected chi connectivity index (χ2v) is 8.35. The lowest BCUT2D eigenvalue weighted by Crippen LogP contribution is -2.38. The summed E-state index contributed by atoms with van der Waals surface area (Å²) in [5.74, 6) is 0. The van der Waals surface area contributed by atoms with Gasteiger partial charge in [-0.05, 0) is 68.9 Å². The molecule has 1 aromatic rings. The molecule has 1 aromatic carbocycles. The van der Waals surface area contributed by atoms with Gasteiger partial charge in [0, 0.05) is 13.1 Å². The van der Waals surface area contributed by atoms with Gasteiger partial charge in [-0.1, -0.05) is 19.3 Å². The molecular weight excluding hydrogens is 282 g/mol. The van der Waals surface area contributed by atoms with Crippen molar-refractivity contribution < 1.29 is 8.42 Å². The number of nitrogens with zero attached hydrogens (tertiary/aromatic N) is 1. The molecule has 0 aromatic heterocycles. The molecule has 0 heterocycles. The molecule has 2 rings (SSSR count). The van der Waals surface area contributed by atoms with Crippen molar-refractivity contribution in [3.05, 3.63) is 28.3 Å². The average Bonchev–Trinajstić information content (AvgIpc) is 2.48. The van der Waals surface area contributed by atoms with Crippen LogP contribution in [0.3, 0.4) is 0 Å². The molecule has 0 amide bonds. The maximum Gasteiger partial charge on any atom is 0.243 e. The molecule has 3 nitrogen and oxygen atoms in total. The Labute approximate surface area is 129 Å². The van der Waals surface area contributed by atoms with Crippen LogP contribution in [0.15, 0.2) is 11.0 Å². The number of benzene rings is 1. The Kier molecular flexibility index (Phi) is 4.79. The molecule has 0 bridgehead atoms. The van der Waals surface area contributed by atoms with Crippen LogP contribution in [0, 0.1) is 27.7 Å². The number of hydrogen-bond donors (Lipinski definition) is 0. The Bertz CT molecular complexity index is 629. The lowest BCUT2D eigenvalue weighted by atomic mass is 9.96. The summed E-state index contributed by atoms with van der Waals surface area (Å²) in [4.78, 5) is 0.483. The summed E-state index contributed by atoms with van der Waals surface area (Å²) < 4.78 is 27.6. The monoisotopic (exact) mass is 309 g/mol. The van der Waals surface area contributed by atoms with Crippen LogP contribution in [-0.2, 0) is 10.0 Å². The van der Waals surface area contributed by atoms with Crippen molar-refractivity contribution in [3.63, 3.8) is 0 Å². The van der Waals surface area contributed by atoms with Gasteiger partial charge in [0.2, 0.25) is 10.0 Å². The second-order valence-electron chi connectivity index (χ2n) is 6.38. The van der Waals surface area contributed by atoms with E-state index >= 15 is 0 Å². The third kappa shape index (κ3) is 3.02. The lowest BCUT2D eigenvalue weighted by Gasteiger charge is -2.31. The predicted molar refractivity (Wildman–Crippen MR) is 87.2 cm³/mol. The van der Waals surface area contributed by atoms with Gasteiger partial charge >= 0.3 is 0 Å². The van der Waals surface area contributed by atoms with Crippen molar-refractivity contribution in [2.75, 3.05) is 7.05 Å². The molecule has 0 N–H and O–H groups in total. The summed E-state index contributed by atoms with van der Waals surface area (Å²) in [7, 11) is -1.65. The van der Waals surface area contributed by atoms with Gasteiger partial charge in [-0.2, -0.15) is 4.31 Å². The average molecular weight is 309 g/mol. The van der Waals surface area contributed by atoms with Crippen LogP contribution in [0.5, 0.6) is 0 Å². The molecule has 1 aliphatic carbocycles. The first-order chi connectivity index (χ1) is 9.76. The zero-order valence-electron chi connectivity index (χ0n) is 13.9. The minimum Gasteiger partial charge on any atom is -0.207 e. The summed E-state index contributed by atoms with van der Waals surface area (Å²) in [6.45, 7) is 7.97. The van der Waals surface area contributed by atoms with Crippen molar-refractivity contribution >= 4 is 10.0 Å². The van der Waals surface area contributed by atoms with E-state index < -0.39 is 10.0 Å². The fourth-order valence-corrected chi connectivity index (χ4v) is 5.02. The third-order valence-corrected chi connectivity index (χ3v) is 7.22.